The number of hydrogen-bond donors (Lipinski definition) is 1. The molecular weight excluding hydrogens is 399 g/mol. The summed E-state index contributed by atoms with van der Waals surface area (Å²) in [7, 11) is 0. The van der Waals surface area contributed by atoms with Gasteiger partial charge >= 0.3 is 6.18 Å². The van der Waals surface area contributed by atoms with Crippen LogP contribution in [0.2, 0.25) is 0 Å². The van der Waals surface area contributed by atoms with E-state index in [-0.39, 0.29) is 12.2 Å². The number of non-ortho nitro benzene ring substituents is 1. The molecule has 1 N–H and O–H groups in total. The van der Waals surface area contributed by atoms with Gasteiger partial charge in [-0.05, 0) is 49.6 Å². The van der Waals surface area contributed by atoms with E-state index >= 15 is 0 Å². The van der Waals surface area contributed by atoms with Gasteiger partial charge in [0, 0.05) is 24.1 Å². The summed E-state index contributed by atoms with van der Waals surface area (Å²) in [6.07, 6.45) is -1.16. The summed E-state index contributed by atoms with van der Waals surface area (Å²) in [5.41, 5.74) is -1.48. The zero-order chi connectivity index (χ0) is 21.5. The zero-order valence-electron chi connectivity index (χ0n) is 16.1. The lowest BCUT2D eigenvalue weighted by Crippen LogP contribution is -2.41. The Balaban J connectivity index is 1.78. The van der Waals surface area contributed by atoms with E-state index in [1.807, 2.05) is 4.58 Å². The second-order valence-electron chi connectivity index (χ2n) is 7.63. The maximum Gasteiger partial charge on any atom is 0.416 e. The Morgan fingerprint density at radius 2 is 1.83 bits per heavy atom. The number of aliphatic hydroxyl groups is 1. The van der Waals surface area contributed by atoms with Crippen molar-refractivity contribution in [2.24, 2.45) is 0 Å². The van der Waals surface area contributed by atoms with Crippen molar-refractivity contribution >= 4 is 17.2 Å². The molecule has 0 radical (unpaired) electrons. The van der Waals surface area contributed by atoms with Gasteiger partial charge < -0.3 is 5.11 Å². The molecule has 0 aromatic heterocycles. The largest absolute Gasteiger partial charge is 0.416 e. The number of nitrogens with zero attached hydrogens (tertiary/aromatic N) is 3. The Morgan fingerprint density at radius 1 is 1.10 bits per heavy atom. The van der Waals surface area contributed by atoms with E-state index in [9.17, 15) is 28.4 Å². The maximum absolute atomic E-state index is 13.2. The topological polar surface area (TPSA) is 69.6 Å². The Bertz CT molecular complexity index is 1000. The van der Waals surface area contributed by atoms with E-state index in [2.05, 4.69) is 0 Å². The number of alkyl halides is 3. The van der Waals surface area contributed by atoms with Crippen LogP contribution in [-0.4, -0.2) is 33.5 Å². The summed E-state index contributed by atoms with van der Waals surface area (Å²) < 4.78 is 41.5. The van der Waals surface area contributed by atoms with Crippen molar-refractivity contribution in [2.45, 2.75) is 37.6 Å². The first kappa shape index (κ1) is 20.3. The molecule has 2 aliphatic rings. The summed E-state index contributed by atoms with van der Waals surface area (Å²) in [5.74, 6) is 0.771. The molecule has 2 aromatic carbocycles. The van der Waals surface area contributed by atoms with Crippen LogP contribution in [0.1, 0.15) is 36.8 Å². The fourth-order valence-electron chi connectivity index (χ4n) is 4.26. The van der Waals surface area contributed by atoms with Crippen LogP contribution in [0.5, 0.6) is 0 Å². The van der Waals surface area contributed by atoms with Crippen LogP contribution in [0.15, 0.2) is 48.5 Å². The van der Waals surface area contributed by atoms with Crippen LogP contribution >= 0.6 is 0 Å². The predicted octanol–water partition coefficient (Wildman–Crippen LogP) is 4.26. The minimum Gasteiger partial charge on any atom is -0.346 e. The molecule has 9 heteroatoms. The fraction of sp³-hybridized carbons (Fsp3) is 0.381. The van der Waals surface area contributed by atoms with Gasteiger partial charge in [-0.1, -0.05) is 6.07 Å². The van der Waals surface area contributed by atoms with E-state index in [0.29, 0.717) is 24.2 Å². The van der Waals surface area contributed by atoms with Gasteiger partial charge in [-0.15, -0.1) is 0 Å². The van der Waals surface area contributed by atoms with Crippen LogP contribution in [0.3, 0.4) is 0 Å². The third-order valence-electron chi connectivity index (χ3n) is 5.76. The van der Waals surface area contributed by atoms with E-state index in [1.165, 1.54) is 30.3 Å². The third-order valence-corrected chi connectivity index (χ3v) is 5.76. The first-order valence-corrected chi connectivity index (χ1v) is 9.76. The highest BCUT2D eigenvalue weighted by Crippen LogP contribution is 2.38. The zero-order valence-corrected chi connectivity index (χ0v) is 16.1. The molecule has 0 spiro atoms. The number of benzene rings is 2. The number of hydrogen-bond acceptors (Lipinski definition) is 4. The molecule has 0 saturated carbocycles. The standard InChI is InChI=1S/C21H21F3N3O3/c22-21(23,24)16-5-4-6-18(13-16)25-14-20(28,26-12-3-1-2-7-19(25)26)15-8-10-17(11-9-15)27(29)30/h4-6,8-11,13,28H,1-3,7,12,14H2/q+1. The van der Waals surface area contributed by atoms with Crippen molar-refractivity contribution in [1.82, 2.24) is 0 Å². The number of β-amino-alcohol motifs (C(OH)–C–C–N with tert-alkyl or cyclic N) is 1. The average Bonchev–Trinajstić information content (AvgIpc) is 2.86. The maximum atomic E-state index is 13.2. The van der Waals surface area contributed by atoms with Crippen molar-refractivity contribution in [3.8, 4) is 0 Å². The van der Waals surface area contributed by atoms with Gasteiger partial charge in [-0.25, -0.2) is 9.48 Å². The normalized spacial score (nSPS) is 22.1. The smallest absolute Gasteiger partial charge is 0.346 e. The summed E-state index contributed by atoms with van der Waals surface area (Å²) in [4.78, 5) is 12.2. The van der Waals surface area contributed by atoms with Gasteiger partial charge in [-0.3, -0.25) is 10.1 Å². The SMILES string of the molecule is O=[N+]([O-])c1ccc(C2(O)CN(c3cccc(C(F)(F)F)c3)C3=[N+]2CCCCC3)cc1. The summed E-state index contributed by atoms with van der Waals surface area (Å²) in [5, 5.41) is 22.6. The number of nitro benzene ring substituents is 1. The number of anilines is 1. The van der Waals surface area contributed by atoms with E-state index in [4.69, 9.17) is 0 Å². The lowest BCUT2D eigenvalue weighted by atomic mass is 10.0. The van der Waals surface area contributed by atoms with Gasteiger partial charge in [-0.2, -0.15) is 13.2 Å². The lowest BCUT2D eigenvalue weighted by molar-refractivity contribution is -0.658. The first-order chi connectivity index (χ1) is 14.2. The molecule has 0 amide bonds. The second kappa shape index (κ2) is 7.39. The number of amidine groups is 1. The molecule has 0 bridgehead atoms. The minimum absolute atomic E-state index is 0.0431. The molecule has 0 saturated heterocycles. The van der Waals surface area contributed by atoms with Crippen molar-refractivity contribution in [3.63, 3.8) is 0 Å². The van der Waals surface area contributed by atoms with Gasteiger partial charge in [0.2, 0.25) is 0 Å². The van der Waals surface area contributed by atoms with E-state index < -0.39 is 22.4 Å². The Kier molecular flexibility index (Phi) is 5.01. The van der Waals surface area contributed by atoms with Crippen LogP contribution < -0.4 is 4.90 Å². The monoisotopic (exact) mass is 420 g/mol. The predicted molar refractivity (Wildman–Crippen MR) is 104 cm³/mol. The van der Waals surface area contributed by atoms with Crippen LogP contribution in [-0.2, 0) is 11.9 Å². The molecule has 6 nitrogen and oxygen atoms in total. The molecule has 4 rings (SSSR count). The van der Waals surface area contributed by atoms with Crippen molar-refractivity contribution in [3.05, 3.63) is 69.8 Å². The van der Waals surface area contributed by atoms with Crippen LogP contribution in [0.25, 0.3) is 0 Å². The molecule has 0 fully saturated rings. The molecule has 1 unspecified atom stereocenters. The molecule has 2 aromatic rings. The van der Waals surface area contributed by atoms with Gasteiger partial charge in [0.25, 0.3) is 17.2 Å². The molecule has 2 heterocycles. The van der Waals surface area contributed by atoms with Crippen molar-refractivity contribution < 1.29 is 27.8 Å². The fourth-order valence-corrected chi connectivity index (χ4v) is 4.26. The van der Waals surface area contributed by atoms with Gasteiger partial charge in [0.05, 0.1) is 17.0 Å². The number of halogens is 3. The average molecular weight is 420 g/mol. The highest BCUT2D eigenvalue weighted by molar-refractivity contribution is 5.96. The Morgan fingerprint density at radius 3 is 2.50 bits per heavy atom. The van der Waals surface area contributed by atoms with Crippen molar-refractivity contribution in [2.75, 3.05) is 18.0 Å². The van der Waals surface area contributed by atoms with Gasteiger partial charge in [0.15, 0.2) is 6.54 Å². The van der Waals surface area contributed by atoms with Crippen LogP contribution in [0.4, 0.5) is 24.5 Å². The third kappa shape index (κ3) is 3.54. The lowest BCUT2D eigenvalue weighted by Gasteiger charge is -2.23. The minimum atomic E-state index is -4.46. The second-order valence-corrected chi connectivity index (χ2v) is 7.63. The molecule has 30 heavy (non-hydrogen) atoms. The van der Waals surface area contributed by atoms with Crippen LogP contribution in [0, 0.1) is 10.1 Å². The molecule has 0 aliphatic carbocycles. The van der Waals surface area contributed by atoms with Crippen molar-refractivity contribution in [1.29, 1.82) is 0 Å². The number of nitro groups is 1. The first-order valence-electron chi connectivity index (χ1n) is 9.76. The Labute approximate surface area is 171 Å². The molecule has 1 atom stereocenters. The highest BCUT2D eigenvalue weighted by atomic mass is 19.4. The highest BCUT2D eigenvalue weighted by Gasteiger charge is 2.52. The summed E-state index contributed by atoms with van der Waals surface area (Å²) in [6, 6.07) is 10.8. The Hall–Kier alpha value is -2.94. The molecule has 158 valence electrons. The van der Waals surface area contributed by atoms with E-state index in [1.54, 1.807) is 11.0 Å². The quantitative estimate of drug-likeness (QED) is 0.458. The number of rotatable bonds is 3. The molecule has 2 aliphatic heterocycles. The van der Waals surface area contributed by atoms with E-state index in [0.717, 1.165) is 37.2 Å². The van der Waals surface area contributed by atoms with Gasteiger partial charge in [0.1, 0.15) is 5.69 Å². The summed E-state index contributed by atoms with van der Waals surface area (Å²) in [6.45, 7) is 0.597. The summed E-state index contributed by atoms with van der Waals surface area (Å²) >= 11 is 0. The molecular formula is C21H21F3N3O3+.